The molecule has 7 heteroatoms. The van der Waals surface area contributed by atoms with Gasteiger partial charge in [-0.1, -0.05) is 6.92 Å². The van der Waals surface area contributed by atoms with E-state index in [0.29, 0.717) is 23.6 Å². The van der Waals surface area contributed by atoms with Crippen LogP contribution in [-0.2, 0) is 20.5 Å². The van der Waals surface area contributed by atoms with Crippen LogP contribution in [0.2, 0.25) is 0 Å². The summed E-state index contributed by atoms with van der Waals surface area (Å²) in [6.45, 7) is 1.94. The zero-order valence-electron chi connectivity index (χ0n) is 10.6. The molecule has 0 saturated heterocycles. The van der Waals surface area contributed by atoms with Crippen LogP contribution in [0, 0.1) is 0 Å². The number of nitrogens with one attached hydrogen (secondary N) is 1. The molecule has 0 spiro atoms. The maximum absolute atomic E-state index is 12.1. The lowest BCUT2D eigenvalue weighted by Gasteiger charge is -2.03. The Balaban J connectivity index is 2.26. The zero-order valence-corrected chi connectivity index (χ0v) is 10.6. The lowest BCUT2D eigenvalue weighted by molar-refractivity contribution is 0.101. The van der Waals surface area contributed by atoms with Gasteiger partial charge in [-0.05, 0) is 6.42 Å². The minimum absolute atomic E-state index is 0.305. The Morgan fingerprint density at radius 2 is 2.17 bits per heavy atom. The molecule has 18 heavy (non-hydrogen) atoms. The molecule has 0 fully saturated rings. The molecule has 0 aliphatic heterocycles. The van der Waals surface area contributed by atoms with Crippen LogP contribution in [0.25, 0.3) is 0 Å². The fourth-order valence-corrected chi connectivity index (χ4v) is 1.78. The number of hydrogen-bond acceptors (Lipinski definition) is 4. The van der Waals surface area contributed by atoms with E-state index in [1.54, 1.807) is 31.0 Å². The van der Waals surface area contributed by atoms with Gasteiger partial charge in [0, 0.05) is 26.4 Å². The Kier molecular flexibility index (Phi) is 3.05. The first-order valence-electron chi connectivity index (χ1n) is 5.65. The highest BCUT2D eigenvalue weighted by Gasteiger charge is 2.19. The number of carbonyl (C=O) groups is 1. The smallest absolute Gasteiger partial charge is 0.277 e. The predicted molar refractivity (Wildman–Crippen MR) is 68.2 cm³/mol. The van der Waals surface area contributed by atoms with E-state index in [-0.39, 0.29) is 5.91 Å². The van der Waals surface area contributed by atoms with Gasteiger partial charge in [-0.25, -0.2) is 0 Å². The summed E-state index contributed by atoms with van der Waals surface area (Å²) in [6, 6.07) is 1.71. The molecule has 7 nitrogen and oxygen atoms in total. The molecule has 0 aliphatic rings. The van der Waals surface area contributed by atoms with Crippen LogP contribution in [0.3, 0.4) is 0 Å². The van der Waals surface area contributed by atoms with Crippen molar-refractivity contribution < 1.29 is 4.79 Å². The molecule has 0 atom stereocenters. The van der Waals surface area contributed by atoms with Crippen LogP contribution < -0.4 is 11.1 Å². The van der Waals surface area contributed by atoms with Crippen LogP contribution in [-0.4, -0.2) is 25.5 Å². The summed E-state index contributed by atoms with van der Waals surface area (Å²) in [4.78, 5) is 12.1. The van der Waals surface area contributed by atoms with Crippen molar-refractivity contribution in [2.75, 3.05) is 11.1 Å². The molecule has 2 heterocycles. The van der Waals surface area contributed by atoms with Gasteiger partial charge >= 0.3 is 0 Å². The quantitative estimate of drug-likeness (QED) is 0.830. The SMILES string of the molecule is CCc1nn(C)c(C(=O)Nc2ccn(C)n2)c1N. The maximum atomic E-state index is 12.1. The molecular formula is C11H16N6O. The minimum atomic E-state index is -0.305. The van der Waals surface area contributed by atoms with Crippen molar-refractivity contribution in [3.8, 4) is 0 Å². The molecule has 0 unspecified atom stereocenters. The standard InChI is InChI=1S/C11H16N6O/c1-4-7-9(12)10(17(3)14-7)11(18)13-8-5-6-16(2)15-8/h5-6H,4,12H2,1-3H3,(H,13,15,18). The molecule has 0 bridgehead atoms. The van der Waals surface area contributed by atoms with E-state index >= 15 is 0 Å². The highest BCUT2D eigenvalue weighted by molar-refractivity contribution is 6.06. The number of nitrogens with zero attached hydrogens (tertiary/aromatic N) is 4. The van der Waals surface area contributed by atoms with Gasteiger partial charge in [0.2, 0.25) is 0 Å². The first-order chi connectivity index (χ1) is 8.52. The van der Waals surface area contributed by atoms with Crippen molar-refractivity contribution in [3.63, 3.8) is 0 Å². The summed E-state index contributed by atoms with van der Waals surface area (Å²) in [6.07, 6.45) is 2.44. The molecule has 0 radical (unpaired) electrons. The Morgan fingerprint density at radius 1 is 1.44 bits per heavy atom. The Labute approximate surface area is 105 Å². The lowest BCUT2D eigenvalue weighted by Crippen LogP contribution is -2.18. The fourth-order valence-electron chi connectivity index (χ4n) is 1.78. The third kappa shape index (κ3) is 2.06. The number of hydrogen-bond donors (Lipinski definition) is 2. The van der Waals surface area contributed by atoms with Crippen LogP contribution in [0.15, 0.2) is 12.3 Å². The van der Waals surface area contributed by atoms with Gasteiger partial charge in [-0.2, -0.15) is 10.2 Å². The number of rotatable bonds is 3. The second-order valence-electron chi connectivity index (χ2n) is 4.01. The van der Waals surface area contributed by atoms with Gasteiger partial charge in [-0.3, -0.25) is 14.2 Å². The van der Waals surface area contributed by atoms with Gasteiger partial charge in [0.25, 0.3) is 5.91 Å². The lowest BCUT2D eigenvalue weighted by atomic mass is 10.2. The van der Waals surface area contributed by atoms with Crippen LogP contribution >= 0.6 is 0 Å². The van der Waals surface area contributed by atoms with Crippen molar-refractivity contribution in [1.82, 2.24) is 19.6 Å². The molecule has 96 valence electrons. The summed E-state index contributed by atoms with van der Waals surface area (Å²) < 4.78 is 3.10. The van der Waals surface area contributed by atoms with E-state index in [9.17, 15) is 4.79 Å². The number of nitrogen functional groups attached to an aromatic ring is 1. The van der Waals surface area contributed by atoms with Crippen molar-refractivity contribution in [1.29, 1.82) is 0 Å². The zero-order chi connectivity index (χ0) is 13.3. The van der Waals surface area contributed by atoms with Gasteiger partial charge < -0.3 is 11.1 Å². The molecule has 1 amide bonds. The van der Waals surface area contributed by atoms with Gasteiger partial charge in [0.1, 0.15) is 5.69 Å². The average Bonchev–Trinajstić information content (AvgIpc) is 2.83. The maximum Gasteiger partial charge on any atom is 0.277 e. The molecule has 3 N–H and O–H groups in total. The summed E-state index contributed by atoms with van der Waals surface area (Å²) in [5.74, 6) is 0.182. The Morgan fingerprint density at radius 3 is 2.67 bits per heavy atom. The Bertz CT molecular complexity index is 582. The normalized spacial score (nSPS) is 10.6. The third-order valence-corrected chi connectivity index (χ3v) is 2.67. The van der Waals surface area contributed by atoms with Crippen LogP contribution in [0.4, 0.5) is 11.5 Å². The minimum Gasteiger partial charge on any atom is -0.395 e. The fraction of sp³-hybridized carbons (Fsp3) is 0.364. The van der Waals surface area contributed by atoms with E-state index in [2.05, 4.69) is 15.5 Å². The van der Waals surface area contributed by atoms with E-state index < -0.39 is 0 Å². The average molecular weight is 248 g/mol. The molecule has 2 aromatic rings. The third-order valence-electron chi connectivity index (χ3n) is 2.67. The number of aryl methyl sites for hydroxylation is 3. The number of carbonyl (C=O) groups excluding carboxylic acids is 1. The monoisotopic (exact) mass is 248 g/mol. The highest BCUT2D eigenvalue weighted by atomic mass is 16.2. The first-order valence-corrected chi connectivity index (χ1v) is 5.65. The highest BCUT2D eigenvalue weighted by Crippen LogP contribution is 2.18. The second-order valence-corrected chi connectivity index (χ2v) is 4.01. The summed E-state index contributed by atoms with van der Waals surface area (Å²) >= 11 is 0. The van der Waals surface area contributed by atoms with Crippen molar-refractivity contribution in [2.24, 2.45) is 14.1 Å². The first kappa shape index (κ1) is 12.2. The van der Waals surface area contributed by atoms with E-state index in [1.165, 1.54) is 4.68 Å². The summed E-state index contributed by atoms with van der Waals surface area (Å²) in [5, 5.41) is 11.0. The molecule has 2 rings (SSSR count). The van der Waals surface area contributed by atoms with Crippen molar-refractivity contribution in [2.45, 2.75) is 13.3 Å². The van der Waals surface area contributed by atoms with Crippen LogP contribution in [0.5, 0.6) is 0 Å². The van der Waals surface area contributed by atoms with Crippen molar-refractivity contribution in [3.05, 3.63) is 23.7 Å². The molecule has 0 saturated carbocycles. The van der Waals surface area contributed by atoms with E-state index in [0.717, 1.165) is 5.69 Å². The summed E-state index contributed by atoms with van der Waals surface area (Å²) in [7, 11) is 3.48. The summed E-state index contributed by atoms with van der Waals surface area (Å²) in [5.41, 5.74) is 7.41. The predicted octanol–water partition coefficient (Wildman–Crippen LogP) is 0.551. The number of aromatic nitrogens is 4. The largest absolute Gasteiger partial charge is 0.395 e. The number of nitrogens with two attached hydrogens (primary N) is 1. The molecule has 2 aromatic heterocycles. The second kappa shape index (κ2) is 4.52. The number of amides is 1. The van der Waals surface area contributed by atoms with E-state index in [4.69, 9.17) is 5.73 Å². The van der Waals surface area contributed by atoms with Crippen LogP contribution in [0.1, 0.15) is 23.1 Å². The van der Waals surface area contributed by atoms with E-state index in [1.807, 2.05) is 6.92 Å². The van der Waals surface area contributed by atoms with Gasteiger partial charge in [0.05, 0.1) is 11.4 Å². The van der Waals surface area contributed by atoms with Gasteiger partial charge in [0.15, 0.2) is 5.82 Å². The topological polar surface area (TPSA) is 90.8 Å². The Hall–Kier alpha value is -2.31. The van der Waals surface area contributed by atoms with Crippen molar-refractivity contribution >= 4 is 17.4 Å². The molecular weight excluding hydrogens is 232 g/mol. The number of anilines is 2. The van der Waals surface area contributed by atoms with Gasteiger partial charge in [-0.15, -0.1) is 0 Å². The molecule has 0 aliphatic carbocycles. The molecule has 0 aromatic carbocycles.